The zero-order valence-electron chi connectivity index (χ0n) is 7.38. The van der Waals surface area contributed by atoms with E-state index in [0.717, 1.165) is 19.3 Å². The molecule has 1 saturated carbocycles. The van der Waals surface area contributed by atoms with Gasteiger partial charge in [0.1, 0.15) is 0 Å². The van der Waals surface area contributed by atoms with E-state index in [1.165, 1.54) is 0 Å². The molecule has 1 aliphatic carbocycles. The van der Waals surface area contributed by atoms with Crippen LogP contribution >= 0.6 is 0 Å². The lowest BCUT2D eigenvalue weighted by Crippen LogP contribution is -2.31. The van der Waals surface area contributed by atoms with Crippen molar-refractivity contribution in [1.82, 2.24) is 0 Å². The summed E-state index contributed by atoms with van der Waals surface area (Å²) < 4.78 is 60.9. The number of alkyl halides is 3. The van der Waals surface area contributed by atoms with Crippen LogP contribution in [0, 0.1) is 0 Å². The molecule has 0 bridgehead atoms. The highest BCUT2D eigenvalue weighted by Crippen LogP contribution is 2.29. The normalized spacial score (nSPS) is 21.1. The molecule has 0 amide bonds. The van der Waals surface area contributed by atoms with Crippen molar-refractivity contribution >= 4 is 10.1 Å². The van der Waals surface area contributed by atoms with Gasteiger partial charge in [-0.05, 0) is 12.8 Å². The van der Waals surface area contributed by atoms with Gasteiger partial charge < -0.3 is 0 Å². The van der Waals surface area contributed by atoms with Crippen LogP contribution in [0.25, 0.3) is 0 Å². The molecule has 84 valence electrons. The summed E-state index contributed by atoms with van der Waals surface area (Å²) in [5.41, 5.74) is -5.30. The molecule has 0 spiro atoms. The predicted octanol–water partition coefficient (Wildman–Crippen LogP) is 2.19. The molecule has 0 unspecified atom stereocenters. The van der Waals surface area contributed by atoms with Gasteiger partial charge >= 0.3 is 15.6 Å². The van der Waals surface area contributed by atoms with Gasteiger partial charge in [0.05, 0.1) is 6.10 Å². The highest BCUT2D eigenvalue weighted by molar-refractivity contribution is 7.87. The Balaban J connectivity index is 2.58. The second-order valence-electron chi connectivity index (χ2n) is 3.26. The van der Waals surface area contributed by atoms with Crippen molar-refractivity contribution in [2.24, 2.45) is 0 Å². The molecule has 1 rings (SSSR count). The molecule has 0 heterocycles. The Morgan fingerprint density at radius 2 is 1.57 bits per heavy atom. The second kappa shape index (κ2) is 4.06. The van der Waals surface area contributed by atoms with Crippen molar-refractivity contribution < 1.29 is 25.8 Å². The van der Waals surface area contributed by atoms with Gasteiger partial charge in [-0.3, -0.25) is 4.18 Å². The van der Waals surface area contributed by atoms with E-state index >= 15 is 0 Å². The van der Waals surface area contributed by atoms with Crippen molar-refractivity contribution in [3.8, 4) is 0 Å². The molecular weight excluding hydrogens is 221 g/mol. The van der Waals surface area contributed by atoms with Gasteiger partial charge in [0.15, 0.2) is 0 Å². The Morgan fingerprint density at radius 3 is 2.00 bits per heavy atom. The van der Waals surface area contributed by atoms with Crippen LogP contribution in [0.15, 0.2) is 0 Å². The number of rotatable bonds is 2. The maximum absolute atomic E-state index is 11.9. The molecule has 14 heavy (non-hydrogen) atoms. The van der Waals surface area contributed by atoms with Crippen LogP contribution in [0.3, 0.4) is 0 Å². The summed E-state index contributed by atoms with van der Waals surface area (Å²) in [5.74, 6) is 0. The average Bonchev–Trinajstić information content (AvgIpc) is 2.03. The Labute approximate surface area is 80.4 Å². The van der Waals surface area contributed by atoms with Gasteiger partial charge in [-0.15, -0.1) is 0 Å². The lowest BCUT2D eigenvalue weighted by molar-refractivity contribution is -0.0584. The standard InChI is InChI=1S/C7H11F3O3S/c8-7(9,10)14(11,12)13-6-4-2-1-3-5-6/h6H,1-5H2. The van der Waals surface area contributed by atoms with Crippen molar-refractivity contribution in [2.75, 3.05) is 0 Å². The summed E-state index contributed by atoms with van der Waals surface area (Å²) >= 11 is 0. The Hall–Kier alpha value is -0.300. The fraction of sp³-hybridized carbons (Fsp3) is 1.00. The minimum Gasteiger partial charge on any atom is -0.260 e. The van der Waals surface area contributed by atoms with Crippen LogP contribution in [0.2, 0.25) is 0 Å². The first-order valence-corrected chi connectivity index (χ1v) is 5.73. The molecule has 0 saturated heterocycles. The van der Waals surface area contributed by atoms with Gasteiger partial charge in [-0.2, -0.15) is 21.6 Å². The highest BCUT2D eigenvalue weighted by atomic mass is 32.2. The van der Waals surface area contributed by atoms with Gasteiger partial charge in [0, 0.05) is 0 Å². The smallest absolute Gasteiger partial charge is 0.260 e. The lowest BCUT2D eigenvalue weighted by Gasteiger charge is -2.21. The van der Waals surface area contributed by atoms with E-state index in [0.29, 0.717) is 12.8 Å². The van der Waals surface area contributed by atoms with E-state index < -0.39 is 21.7 Å². The Morgan fingerprint density at radius 1 is 1.07 bits per heavy atom. The van der Waals surface area contributed by atoms with E-state index in [1.54, 1.807) is 0 Å². The summed E-state index contributed by atoms with van der Waals surface area (Å²) in [6, 6.07) is 0. The molecule has 0 radical (unpaired) electrons. The molecule has 0 aliphatic heterocycles. The SMILES string of the molecule is O=S(=O)(OC1CCCCC1)C(F)(F)F. The van der Waals surface area contributed by atoms with Crippen molar-refractivity contribution in [2.45, 2.75) is 43.7 Å². The van der Waals surface area contributed by atoms with Crippen LogP contribution in [0.4, 0.5) is 13.2 Å². The van der Waals surface area contributed by atoms with Gasteiger partial charge in [-0.25, -0.2) is 0 Å². The molecule has 0 aromatic heterocycles. The van der Waals surface area contributed by atoms with Gasteiger partial charge in [0.25, 0.3) is 0 Å². The number of halogens is 3. The first-order chi connectivity index (χ1) is 6.33. The van der Waals surface area contributed by atoms with E-state index in [2.05, 4.69) is 4.18 Å². The van der Waals surface area contributed by atoms with Crippen molar-refractivity contribution in [3.63, 3.8) is 0 Å². The minimum absolute atomic E-state index is 0.384. The third kappa shape index (κ3) is 2.84. The molecule has 0 aromatic carbocycles. The Bertz CT molecular complexity index is 277. The molecular formula is C7H11F3O3S. The van der Waals surface area contributed by atoms with Crippen LogP contribution in [0.1, 0.15) is 32.1 Å². The Kier molecular flexibility index (Phi) is 3.41. The molecule has 1 aliphatic rings. The first kappa shape index (κ1) is 11.8. The predicted molar refractivity (Wildman–Crippen MR) is 42.9 cm³/mol. The summed E-state index contributed by atoms with van der Waals surface area (Å²) in [6.45, 7) is 0. The van der Waals surface area contributed by atoms with Crippen molar-refractivity contribution in [1.29, 1.82) is 0 Å². The summed E-state index contributed by atoms with van der Waals surface area (Å²) in [5, 5.41) is 0. The lowest BCUT2D eigenvalue weighted by atomic mass is 9.98. The molecule has 0 aromatic rings. The van der Waals surface area contributed by atoms with E-state index in [9.17, 15) is 21.6 Å². The van der Waals surface area contributed by atoms with Gasteiger partial charge in [-0.1, -0.05) is 19.3 Å². The third-order valence-electron chi connectivity index (χ3n) is 2.10. The average molecular weight is 232 g/mol. The zero-order chi connectivity index (χ0) is 10.8. The minimum atomic E-state index is -5.40. The van der Waals surface area contributed by atoms with E-state index in [-0.39, 0.29) is 0 Å². The van der Waals surface area contributed by atoms with Gasteiger partial charge in [0.2, 0.25) is 0 Å². The van der Waals surface area contributed by atoms with E-state index in [4.69, 9.17) is 0 Å². The topological polar surface area (TPSA) is 43.4 Å². The fourth-order valence-corrected chi connectivity index (χ4v) is 2.05. The van der Waals surface area contributed by atoms with Crippen LogP contribution < -0.4 is 0 Å². The monoisotopic (exact) mass is 232 g/mol. The molecule has 7 heteroatoms. The molecule has 3 nitrogen and oxygen atoms in total. The van der Waals surface area contributed by atoms with Crippen LogP contribution in [-0.4, -0.2) is 20.0 Å². The molecule has 0 atom stereocenters. The fourth-order valence-electron chi connectivity index (χ4n) is 1.40. The van der Waals surface area contributed by atoms with Crippen LogP contribution in [-0.2, 0) is 14.3 Å². The second-order valence-corrected chi connectivity index (χ2v) is 4.82. The number of hydrogen-bond acceptors (Lipinski definition) is 3. The third-order valence-corrected chi connectivity index (χ3v) is 3.19. The summed E-state index contributed by atoms with van der Waals surface area (Å²) in [4.78, 5) is 0. The number of hydrogen-bond donors (Lipinski definition) is 0. The van der Waals surface area contributed by atoms with Crippen LogP contribution in [0.5, 0.6) is 0 Å². The van der Waals surface area contributed by atoms with E-state index in [1.807, 2.05) is 0 Å². The maximum Gasteiger partial charge on any atom is 0.523 e. The van der Waals surface area contributed by atoms with Crippen molar-refractivity contribution in [3.05, 3.63) is 0 Å². The largest absolute Gasteiger partial charge is 0.523 e. The highest BCUT2D eigenvalue weighted by Gasteiger charge is 2.48. The zero-order valence-corrected chi connectivity index (χ0v) is 8.20. The molecule has 0 N–H and O–H groups in total. The maximum atomic E-state index is 11.9. The summed E-state index contributed by atoms with van der Waals surface area (Å²) in [6.07, 6.45) is 2.34. The molecule has 1 fully saturated rings. The summed E-state index contributed by atoms with van der Waals surface area (Å²) in [7, 11) is -5.40. The first-order valence-electron chi connectivity index (χ1n) is 4.32. The quantitative estimate of drug-likeness (QED) is 0.541.